The van der Waals surface area contributed by atoms with Crippen LogP contribution in [-0.4, -0.2) is 35.8 Å². The van der Waals surface area contributed by atoms with E-state index in [0.29, 0.717) is 12.0 Å². The fourth-order valence-electron chi connectivity index (χ4n) is 1.05. The molecule has 2 unspecified atom stereocenters. The molecule has 13 heavy (non-hydrogen) atoms. The fraction of sp³-hybridized carbons (Fsp3) is 1.00. The summed E-state index contributed by atoms with van der Waals surface area (Å²) in [6.07, 6.45) is 3.15. The van der Waals surface area contributed by atoms with E-state index in [1.807, 2.05) is 11.8 Å². The van der Waals surface area contributed by atoms with Crippen LogP contribution >= 0.6 is 11.8 Å². The molecule has 2 N–H and O–H groups in total. The number of aliphatic hydroxyl groups is 1. The summed E-state index contributed by atoms with van der Waals surface area (Å²) in [5, 5.41) is 12.5. The number of aliphatic hydroxyl groups excluding tert-OH is 1. The van der Waals surface area contributed by atoms with Crippen LogP contribution < -0.4 is 5.32 Å². The lowest BCUT2D eigenvalue weighted by atomic mass is 10.0. The predicted octanol–water partition coefficient (Wildman–Crippen LogP) is 1.73. The first-order chi connectivity index (χ1) is 6.11. The van der Waals surface area contributed by atoms with Gasteiger partial charge in [-0.05, 0) is 31.3 Å². The molecule has 0 aliphatic heterocycles. The van der Waals surface area contributed by atoms with Gasteiger partial charge < -0.3 is 10.4 Å². The third-order valence-electron chi connectivity index (χ3n) is 2.39. The SMILES string of the molecule is CSCCC(CO)NC(C)C(C)C. The van der Waals surface area contributed by atoms with Crippen LogP contribution in [0.15, 0.2) is 0 Å². The highest BCUT2D eigenvalue weighted by Gasteiger charge is 2.12. The summed E-state index contributed by atoms with van der Waals surface area (Å²) < 4.78 is 0. The zero-order valence-electron chi connectivity index (χ0n) is 9.21. The standard InChI is InChI=1S/C10H23NOS/c1-8(2)9(3)11-10(7-12)5-6-13-4/h8-12H,5-7H2,1-4H3. The summed E-state index contributed by atoms with van der Waals surface area (Å²) in [6.45, 7) is 6.81. The molecule has 0 aromatic heterocycles. The highest BCUT2D eigenvalue weighted by molar-refractivity contribution is 7.98. The largest absolute Gasteiger partial charge is 0.395 e. The van der Waals surface area contributed by atoms with E-state index in [1.54, 1.807) is 0 Å². The highest BCUT2D eigenvalue weighted by atomic mass is 32.2. The molecule has 0 aromatic rings. The van der Waals surface area contributed by atoms with E-state index in [2.05, 4.69) is 32.3 Å². The number of rotatable bonds is 7. The van der Waals surface area contributed by atoms with E-state index < -0.39 is 0 Å². The first kappa shape index (κ1) is 13.3. The first-order valence-corrected chi connectivity index (χ1v) is 6.37. The van der Waals surface area contributed by atoms with Gasteiger partial charge in [-0.1, -0.05) is 13.8 Å². The summed E-state index contributed by atoms with van der Waals surface area (Å²) in [4.78, 5) is 0. The zero-order chi connectivity index (χ0) is 10.3. The molecule has 0 saturated heterocycles. The minimum absolute atomic E-state index is 0.248. The average Bonchev–Trinajstić information content (AvgIpc) is 2.11. The summed E-state index contributed by atoms with van der Waals surface area (Å²) in [5.74, 6) is 1.74. The van der Waals surface area contributed by atoms with E-state index in [1.165, 1.54) is 0 Å². The zero-order valence-corrected chi connectivity index (χ0v) is 10.0. The number of hydrogen-bond donors (Lipinski definition) is 2. The van der Waals surface area contributed by atoms with Crippen LogP contribution in [0, 0.1) is 5.92 Å². The van der Waals surface area contributed by atoms with Crippen LogP contribution in [0.5, 0.6) is 0 Å². The minimum Gasteiger partial charge on any atom is -0.395 e. The Bertz CT molecular complexity index is 119. The van der Waals surface area contributed by atoms with Crippen LogP contribution in [0.4, 0.5) is 0 Å². The Labute approximate surface area is 86.5 Å². The number of thioether (sulfide) groups is 1. The molecular weight excluding hydrogens is 182 g/mol. The quantitative estimate of drug-likeness (QED) is 0.664. The molecule has 0 rings (SSSR count). The maximum Gasteiger partial charge on any atom is 0.0585 e. The van der Waals surface area contributed by atoms with Crippen molar-refractivity contribution in [3.05, 3.63) is 0 Å². The molecule has 2 atom stereocenters. The second-order valence-electron chi connectivity index (χ2n) is 3.86. The van der Waals surface area contributed by atoms with Crippen molar-refractivity contribution in [2.45, 2.75) is 39.3 Å². The molecule has 0 fully saturated rings. The summed E-state index contributed by atoms with van der Waals surface area (Å²) in [6, 6.07) is 0.754. The Morgan fingerprint density at radius 1 is 1.31 bits per heavy atom. The maximum atomic E-state index is 9.11. The van der Waals surface area contributed by atoms with Crippen LogP contribution in [-0.2, 0) is 0 Å². The lowest BCUT2D eigenvalue weighted by molar-refractivity contribution is 0.221. The molecule has 2 nitrogen and oxygen atoms in total. The monoisotopic (exact) mass is 205 g/mol. The third kappa shape index (κ3) is 6.36. The lowest BCUT2D eigenvalue weighted by Gasteiger charge is -2.24. The molecule has 0 saturated carbocycles. The topological polar surface area (TPSA) is 32.3 Å². The van der Waals surface area contributed by atoms with E-state index >= 15 is 0 Å². The normalized spacial score (nSPS) is 16.2. The van der Waals surface area contributed by atoms with Gasteiger partial charge in [-0.2, -0.15) is 11.8 Å². The van der Waals surface area contributed by atoms with Crippen LogP contribution in [0.1, 0.15) is 27.2 Å². The Kier molecular flexibility index (Phi) is 7.81. The van der Waals surface area contributed by atoms with Crippen molar-refractivity contribution in [2.75, 3.05) is 18.6 Å². The van der Waals surface area contributed by atoms with Crippen molar-refractivity contribution in [1.29, 1.82) is 0 Å². The van der Waals surface area contributed by atoms with Crippen molar-refractivity contribution in [3.63, 3.8) is 0 Å². The number of hydrogen-bond acceptors (Lipinski definition) is 3. The molecular formula is C10H23NOS. The van der Waals surface area contributed by atoms with Gasteiger partial charge in [-0.25, -0.2) is 0 Å². The van der Waals surface area contributed by atoms with E-state index in [0.717, 1.165) is 12.2 Å². The summed E-state index contributed by atoms with van der Waals surface area (Å²) in [5.41, 5.74) is 0. The van der Waals surface area contributed by atoms with Gasteiger partial charge in [0.25, 0.3) is 0 Å². The van der Waals surface area contributed by atoms with E-state index in [4.69, 9.17) is 5.11 Å². The van der Waals surface area contributed by atoms with Crippen molar-refractivity contribution in [2.24, 2.45) is 5.92 Å². The number of nitrogens with one attached hydrogen (secondary N) is 1. The molecule has 0 aliphatic carbocycles. The molecule has 0 aromatic carbocycles. The van der Waals surface area contributed by atoms with Crippen molar-refractivity contribution in [1.82, 2.24) is 5.32 Å². The van der Waals surface area contributed by atoms with E-state index in [-0.39, 0.29) is 12.6 Å². The molecule has 0 amide bonds. The van der Waals surface area contributed by atoms with Gasteiger partial charge >= 0.3 is 0 Å². The average molecular weight is 205 g/mol. The van der Waals surface area contributed by atoms with Crippen LogP contribution in [0.25, 0.3) is 0 Å². The summed E-state index contributed by atoms with van der Waals surface area (Å²) >= 11 is 1.83. The summed E-state index contributed by atoms with van der Waals surface area (Å²) in [7, 11) is 0. The smallest absolute Gasteiger partial charge is 0.0585 e. The molecule has 80 valence electrons. The lowest BCUT2D eigenvalue weighted by Crippen LogP contribution is -2.41. The first-order valence-electron chi connectivity index (χ1n) is 4.97. The molecule has 3 heteroatoms. The Morgan fingerprint density at radius 2 is 1.92 bits per heavy atom. The van der Waals surface area contributed by atoms with Gasteiger partial charge in [-0.3, -0.25) is 0 Å². The molecule has 0 heterocycles. The second kappa shape index (κ2) is 7.65. The second-order valence-corrected chi connectivity index (χ2v) is 4.85. The predicted molar refractivity (Wildman–Crippen MR) is 61.3 cm³/mol. The van der Waals surface area contributed by atoms with Crippen LogP contribution in [0.2, 0.25) is 0 Å². The van der Waals surface area contributed by atoms with Gasteiger partial charge in [0.15, 0.2) is 0 Å². The highest BCUT2D eigenvalue weighted by Crippen LogP contribution is 2.05. The van der Waals surface area contributed by atoms with Gasteiger partial charge in [0, 0.05) is 12.1 Å². The molecule has 0 aliphatic rings. The third-order valence-corrected chi connectivity index (χ3v) is 3.03. The van der Waals surface area contributed by atoms with E-state index in [9.17, 15) is 0 Å². The Hall–Kier alpha value is 0.270. The van der Waals surface area contributed by atoms with Gasteiger partial charge in [0.2, 0.25) is 0 Å². The Balaban J connectivity index is 3.69. The molecule has 0 bridgehead atoms. The van der Waals surface area contributed by atoms with Crippen LogP contribution in [0.3, 0.4) is 0 Å². The minimum atomic E-state index is 0.248. The fourth-order valence-corrected chi connectivity index (χ4v) is 1.57. The Morgan fingerprint density at radius 3 is 2.31 bits per heavy atom. The van der Waals surface area contributed by atoms with Crippen molar-refractivity contribution in [3.8, 4) is 0 Å². The van der Waals surface area contributed by atoms with Crippen molar-refractivity contribution >= 4 is 11.8 Å². The van der Waals surface area contributed by atoms with Gasteiger partial charge in [-0.15, -0.1) is 0 Å². The molecule has 0 radical (unpaired) electrons. The maximum absolute atomic E-state index is 9.11. The van der Waals surface area contributed by atoms with Crippen molar-refractivity contribution < 1.29 is 5.11 Å². The molecule has 0 spiro atoms. The van der Waals surface area contributed by atoms with Gasteiger partial charge in [0.05, 0.1) is 6.61 Å². The van der Waals surface area contributed by atoms with Gasteiger partial charge in [0.1, 0.15) is 0 Å².